The summed E-state index contributed by atoms with van der Waals surface area (Å²) in [6, 6.07) is 11.7. The van der Waals surface area contributed by atoms with E-state index in [0.29, 0.717) is 0 Å². The van der Waals surface area contributed by atoms with Crippen molar-refractivity contribution in [3.63, 3.8) is 0 Å². The van der Waals surface area contributed by atoms with Crippen molar-refractivity contribution in [1.82, 2.24) is 0 Å². The number of aldehydes is 2. The Hall–Kier alpha value is -1.64. The van der Waals surface area contributed by atoms with Crippen LogP contribution in [0.3, 0.4) is 0 Å². The van der Waals surface area contributed by atoms with Gasteiger partial charge < -0.3 is 9.59 Å². The zero-order valence-electron chi connectivity index (χ0n) is 11.1. The highest BCUT2D eigenvalue weighted by Crippen LogP contribution is 2.39. The van der Waals surface area contributed by atoms with Crippen molar-refractivity contribution in [1.29, 1.82) is 0 Å². The molecule has 1 aliphatic carbocycles. The monoisotopic (exact) mass is 318 g/mol. The molecule has 0 N–H and O–H groups in total. The number of alkyl halides is 2. The summed E-state index contributed by atoms with van der Waals surface area (Å²) in [6.07, 6.45) is 2.22. The van der Waals surface area contributed by atoms with Gasteiger partial charge in [0.2, 0.25) is 0 Å². The summed E-state index contributed by atoms with van der Waals surface area (Å²) in [7, 11) is 0. The second-order valence-electron chi connectivity index (χ2n) is 5.09. The van der Waals surface area contributed by atoms with Gasteiger partial charge in [-0.3, -0.25) is 0 Å². The predicted molar refractivity (Wildman–Crippen MR) is 84.0 cm³/mol. The molecule has 2 unspecified atom stereocenters. The van der Waals surface area contributed by atoms with E-state index < -0.39 is 10.8 Å². The maximum atomic E-state index is 10.8. The first-order valence-corrected chi connectivity index (χ1v) is 7.46. The van der Waals surface area contributed by atoms with E-state index in [1.807, 2.05) is 36.4 Å². The fraction of sp³-hybridized carbons (Fsp3) is 0.176. The summed E-state index contributed by atoms with van der Waals surface area (Å²) >= 11 is 11.9. The molecular formula is C17H12Cl2O2. The predicted octanol–water partition coefficient (Wildman–Crippen LogP) is 4.22. The third-order valence-electron chi connectivity index (χ3n) is 3.81. The van der Waals surface area contributed by atoms with E-state index >= 15 is 0 Å². The quantitative estimate of drug-likeness (QED) is 0.533. The minimum absolute atomic E-state index is 0.614. The van der Waals surface area contributed by atoms with Gasteiger partial charge in [-0.05, 0) is 39.8 Å². The van der Waals surface area contributed by atoms with Crippen LogP contribution in [0.15, 0.2) is 36.4 Å². The normalized spacial score (nSPS) is 15.0. The molecule has 1 aliphatic rings. The molecule has 0 aliphatic heterocycles. The molecule has 0 radical (unpaired) electrons. The molecule has 0 aromatic heterocycles. The van der Waals surface area contributed by atoms with E-state index in [1.54, 1.807) is 0 Å². The molecule has 2 aromatic carbocycles. The molecule has 106 valence electrons. The standard InChI is InChI=1S/C17H12Cl2O2/c18-16(8-20)10-1-3-14-12(5-10)7-13-6-11(17(19)9-21)2-4-15(13)14/h1-6,8-9,16-17H,7H2. The minimum Gasteiger partial charge on any atom is -0.301 e. The summed E-state index contributed by atoms with van der Waals surface area (Å²) in [5, 5.41) is -1.23. The third-order valence-corrected chi connectivity index (χ3v) is 4.52. The molecule has 0 heterocycles. The van der Waals surface area contributed by atoms with Crippen LogP contribution in [0.4, 0.5) is 0 Å². The lowest BCUT2D eigenvalue weighted by Crippen LogP contribution is -1.93. The maximum absolute atomic E-state index is 10.8. The Morgan fingerprint density at radius 2 is 1.24 bits per heavy atom. The molecule has 3 rings (SSSR count). The van der Waals surface area contributed by atoms with Crippen LogP contribution >= 0.6 is 23.2 Å². The smallest absolute Gasteiger partial charge is 0.142 e. The van der Waals surface area contributed by atoms with Crippen molar-refractivity contribution in [2.75, 3.05) is 0 Å². The van der Waals surface area contributed by atoms with Gasteiger partial charge >= 0.3 is 0 Å². The molecule has 2 nitrogen and oxygen atoms in total. The van der Waals surface area contributed by atoms with Gasteiger partial charge in [-0.25, -0.2) is 0 Å². The Bertz CT molecular complexity index is 663. The first-order chi connectivity index (χ1) is 10.1. The van der Waals surface area contributed by atoms with E-state index in [0.717, 1.165) is 52.4 Å². The van der Waals surface area contributed by atoms with Gasteiger partial charge in [0.1, 0.15) is 23.3 Å². The van der Waals surface area contributed by atoms with Crippen molar-refractivity contribution in [2.45, 2.75) is 17.2 Å². The molecule has 0 saturated heterocycles. The van der Waals surface area contributed by atoms with E-state index in [1.165, 1.54) is 0 Å². The Morgan fingerprint density at radius 1 is 0.810 bits per heavy atom. The number of carbonyl (C=O) groups is 2. The third kappa shape index (κ3) is 2.50. The minimum atomic E-state index is -0.614. The fourth-order valence-electron chi connectivity index (χ4n) is 2.75. The maximum Gasteiger partial charge on any atom is 0.142 e. The lowest BCUT2D eigenvalue weighted by atomic mass is 10.0. The molecule has 0 fully saturated rings. The highest BCUT2D eigenvalue weighted by atomic mass is 35.5. The molecule has 0 amide bonds. The van der Waals surface area contributed by atoms with E-state index in [-0.39, 0.29) is 0 Å². The summed E-state index contributed by atoms with van der Waals surface area (Å²) in [5.74, 6) is 0. The van der Waals surface area contributed by atoms with Gasteiger partial charge in [-0.1, -0.05) is 36.4 Å². The molecule has 2 aromatic rings. The summed E-state index contributed by atoms with van der Waals surface area (Å²) < 4.78 is 0. The molecule has 0 bridgehead atoms. The van der Waals surface area contributed by atoms with Crippen LogP contribution in [0.5, 0.6) is 0 Å². The van der Waals surface area contributed by atoms with Crippen LogP contribution < -0.4 is 0 Å². The lowest BCUT2D eigenvalue weighted by Gasteiger charge is -2.07. The largest absolute Gasteiger partial charge is 0.301 e. The number of rotatable bonds is 4. The molecule has 0 saturated carbocycles. The van der Waals surface area contributed by atoms with Gasteiger partial charge in [0.05, 0.1) is 0 Å². The molecule has 21 heavy (non-hydrogen) atoms. The van der Waals surface area contributed by atoms with Crippen molar-refractivity contribution in [3.8, 4) is 11.1 Å². The molecule has 0 spiro atoms. The number of carbonyl (C=O) groups excluding carboxylic acids is 2. The summed E-state index contributed by atoms with van der Waals surface area (Å²) in [6.45, 7) is 0. The van der Waals surface area contributed by atoms with Crippen molar-refractivity contribution >= 4 is 35.8 Å². The summed E-state index contributed by atoms with van der Waals surface area (Å²) in [5.41, 5.74) is 6.19. The van der Waals surface area contributed by atoms with E-state index in [2.05, 4.69) is 0 Å². The second-order valence-corrected chi connectivity index (χ2v) is 6.03. The van der Waals surface area contributed by atoms with Crippen LogP contribution in [0.25, 0.3) is 11.1 Å². The number of hydrogen-bond acceptors (Lipinski definition) is 2. The van der Waals surface area contributed by atoms with Crippen LogP contribution in [0.1, 0.15) is 33.0 Å². The number of halogens is 2. The van der Waals surface area contributed by atoms with E-state index in [9.17, 15) is 9.59 Å². The lowest BCUT2D eigenvalue weighted by molar-refractivity contribution is -0.108. The first kappa shape index (κ1) is 14.3. The van der Waals surface area contributed by atoms with Gasteiger partial charge in [0.15, 0.2) is 0 Å². The highest BCUT2D eigenvalue weighted by molar-refractivity contribution is 6.28. The topological polar surface area (TPSA) is 34.1 Å². The number of benzene rings is 2. The summed E-state index contributed by atoms with van der Waals surface area (Å²) in [4.78, 5) is 21.6. The van der Waals surface area contributed by atoms with Crippen LogP contribution in [0.2, 0.25) is 0 Å². The fourth-order valence-corrected chi connectivity index (χ4v) is 3.02. The molecular weight excluding hydrogens is 307 g/mol. The molecule has 2 atom stereocenters. The van der Waals surface area contributed by atoms with Crippen molar-refractivity contribution < 1.29 is 9.59 Å². The second kappa shape index (κ2) is 5.63. The van der Waals surface area contributed by atoms with Crippen molar-refractivity contribution in [3.05, 3.63) is 58.7 Å². The van der Waals surface area contributed by atoms with Gasteiger partial charge in [0, 0.05) is 0 Å². The van der Waals surface area contributed by atoms with E-state index in [4.69, 9.17) is 23.2 Å². The SMILES string of the molecule is O=CC(Cl)c1ccc2c(c1)Cc1cc(C(Cl)C=O)ccc1-2. The molecule has 4 heteroatoms. The Morgan fingerprint density at radius 3 is 1.62 bits per heavy atom. The zero-order valence-corrected chi connectivity index (χ0v) is 12.6. The Kier molecular flexibility index (Phi) is 3.83. The van der Waals surface area contributed by atoms with Crippen LogP contribution in [-0.2, 0) is 16.0 Å². The van der Waals surface area contributed by atoms with Crippen LogP contribution in [-0.4, -0.2) is 12.6 Å². The average molecular weight is 319 g/mol. The van der Waals surface area contributed by atoms with Crippen molar-refractivity contribution in [2.24, 2.45) is 0 Å². The Balaban J connectivity index is 2.01. The Labute approximate surface area is 132 Å². The van der Waals surface area contributed by atoms with Gasteiger partial charge in [-0.15, -0.1) is 23.2 Å². The van der Waals surface area contributed by atoms with Gasteiger partial charge in [0.25, 0.3) is 0 Å². The van der Waals surface area contributed by atoms with Crippen LogP contribution in [0, 0.1) is 0 Å². The zero-order chi connectivity index (χ0) is 15.0. The van der Waals surface area contributed by atoms with Gasteiger partial charge in [-0.2, -0.15) is 0 Å². The number of hydrogen-bond donors (Lipinski definition) is 0. The average Bonchev–Trinajstić information content (AvgIpc) is 2.89. The highest BCUT2D eigenvalue weighted by Gasteiger charge is 2.21. The number of fused-ring (bicyclic) bond motifs is 3. The first-order valence-electron chi connectivity index (χ1n) is 6.59.